The number of nitro groups is 1. The molecule has 30 heavy (non-hydrogen) atoms. The molecule has 9 nitrogen and oxygen atoms in total. The van der Waals surface area contributed by atoms with E-state index in [9.17, 15) is 19.7 Å². The van der Waals surface area contributed by atoms with E-state index in [1.54, 1.807) is 0 Å². The number of nitro benzene ring substituents is 1. The van der Waals surface area contributed by atoms with Crippen molar-refractivity contribution in [3.8, 4) is 0 Å². The Bertz CT molecular complexity index is 926. The van der Waals surface area contributed by atoms with Crippen LogP contribution in [-0.4, -0.2) is 39.7 Å². The lowest BCUT2D eigenvalue weighted by molar-refractivity contribution is -0.384. The number of carbonyl (C=O) groups is 2. The van der Waals surface area contributed by atoms with Gasteiger partial charge in [-0.05, 0) is 17.9 Å². The zero-order chi connectivity index (χ0) is 22.4. The lowest BCUT2D eigenvalue weighted by Gasteiger charge is -2.23. The van der Waals surface area contributed by atoms with Crippen LogP contribution in [0.4, 0.5) is 5.69 Å². The van der Waals surface area contributed by atoms with Crippen molar-refractivity contribution < 1.29 is 18.9 Å². The molecule has 1 aromatic carbocycles. The summed E-state index contributed by atoms with van der Waals surface area (Å²) in [5.41, 5.74) is 0.0806. The number of rotatable bonds is 9. The van der Waals surface area contributed by atoms with Gasteiger partial charge < -0.3 is 14.6 Å². The summed E-state index contributed by atoms with van der Waals surface area (Å²) < 4.78 is 5.38. The van der Waals surface area contributed by atoms with E-state index in [0.717, 1.165) is 6.07 Å². The van der Waals surface area contributed by atoms with E-state index in [2.05, 4.69) is 10.3 Å². The first-order valence-electron chi connectivity index (χ1n) is 9.54. The zero-order valence-corrected chi connectivity index (χ0v) is 18.1. The molecule has 0 aliphatic heterocycles. The summed E-state index contributed by atoms with van der Waals surface area (Å²) in [6, 6.07) is 3.70. The summed E-state index contributed by atoms with van der Waals surface area (Å²) in [7, 11) is 0. The van der Waals surface area contributed by atoms with Crippen molar-refractivity contribution in [1.29, 1.82) is 0 Å². The smallest absolute Gasteiger partial charge is 0.273 e. The zero-order valence-electron chi connectivity index (χ0n) is 17.3. The van der Waals surface area contributed by atoms with Gasteiger partial charge in [0, 0.05) is 25.2 Å². The molecule has 0 fully saturated rings. The first-order chi connectivity index (χ1) is 14.1. The second-order valence-electron chi connectivity index (χ2n) is 7.73. The molecule has 1 heterocycles. The first-order valence-corrected chi connectivity index (χ1v) is 9.92. The predicted octanol–water partition coefficient (Wildman–Crippen LogP) is 3.92. The highest BCUT2D eigenvalue weighted by Gasteiger charge is 2.24. The van der Waals surface area contributed by atoms with E-state index >= 15 is 0 Å². The standard InChI is InChI=1S/C20H25ClN4O5/c1-12(2)8-22-19(26)17-11-30-18(23-17)10-24(9-13(3)4)20(27)15-6-5-14(25(28)29)7-16(15)21/h5-7,11-13H,8-10H2,1-4H3,(H,22,26). The van der Waals surface area contributed by atoms with E-state index in [1.165, 1.54) is 23.3 Å². The second-order valence-corrected chi connectivity index (χ2v) is 8.14. The van der Waals surface area contributed by atoms with Crippen LogP contribution in [-0.2, 0) is 6.54 Å². The van der Waals surface area contributed by atoms with Crippen molar-refractivity contribution in [3.63, 3.8) is 0 Å². The van der Waals surface area contributed by atoms with Gasteiger partial charge in [-0.2, -0.15) is 0 Å². The van der Waals surface area contributed by atoms with Gasteiger partial charge in [0.1, 0.15) is 6.26 Å². The third-order valence-electron chi connectivity index (χ3n) is 4.05. The average molecular weight is 437 g/mol. The number of carbonyl (C=O) groups excluding carboxylic acids is 2. The number of oxazole rings is 1. The highest BCUT2D eigenvalue weighted by molar-refractivity contribution is 6.34. The number of halogens is 1. The number of amides is 2. The highest BCUT2D eigenvalue weighted by Crippen LogP contribution is 2.24. The Morgan fingerprint density at radius 2 is 1.97 bits per heavy atom. The van der Waals surface area contributed by atoms with Gasteiger partial charge in [0.15, 0.2) is 5.69 Å². The van der Waals surface area contributed by atoms with Crippen LogP contribution >= 0.6 is 11.6 Å². The topological polar surface area (TPSA) is 119 Å². The molecule has 2 amide bonds. The van der Waals surface area contributed by atoms with Gasteiger partial charge in [-0.25, -0.2) is 4.98 Å². The molecule has 162 valence electrons. The monoisotopic (exact) mass is 436 g/mol. The predicted molar refractivity (Wildman–Crippen MR) is 111 cm³/mol. The van der Waals surface area contributed by atoms with Gasteiger partial charge in [0.25, 0.3) is 17.5 Å². The van der Waals surface area contributed by atoms with E-state index in [1.807, 2.05) is 27.7 Å². The fraction of sp³-hybridized carbons (Fsp3) is 0.450. The fourth-order valence-electron chi connectivity index (χ4n) is 2.66. The number of hydrogen-bond donors (Lipinski definition) is 1. The third-order valence-corrected chi connectivity index (χ3v) is 4.36. The Kier molecular flexibility index (Phi) is 7.93. The summed E-state index contributed by atoms with van der Waals surface area (Å²) in [4.78, 5) is 41.1. The maximum absolute atomic E-state index is 13.0. The molecule has 2 rings (SSSR count). The van der Waals surface area contributed by atoms with Crippen LogP contribution in [0.1, 0.15) is 54.4 Å². The van der Waals surface area contributed by atoms with Gasteiger partial charge in [-0.3, -0.25) is 19.7 Å². The number of nitrogens with one attached hydrogen (secondary N) is 1. The van der Waals surface area contributed by atoms with Gasteiger partial charge >= 0.3 is 0 Å². The summed E-state index contributed by atoms with van der Waals surface area (Å²) in [5.74, 6) is -0.122. The Hall–Kier alpha value is -2.94. The Labute approximate surface area is 179 Å². The van der Waals surface area contributed by atoms with E-state index < -0.39 is 10.8 Å². The third kappa shape index (κ3) is 6.28. The quantitative estimate of drug-likeness (QED) is 0.470. The summed E-state index contributed by atoms with van der Waals surface area (Å²) in [5, 5.41) is 13.6. The summed E-state index contributed by atoms with van der Waals surface area (Å²) in [6.45, 7) is 8.76. The summed E-state index contributed by atoms with van der Waals surface area (Å²) >= 11 is 6.11. The number of nitrogens with zero attached hydrogens (tertiary/aromatic N) is 3. The van der Waals surface area contributed by atoms with Crippen molar-refractivity contribution >= 4 is 29.1 Å². The number of non-ortho nitro benzene ring substituents is 1. The van der Waals surface area contributed by atoms with Crippen LogP contribution in [0.3, 0.4) is 0 Å². The van der Waals surface area contributed by atoms with E-state index in [4.69, 9.17) is 16.0 Å². The minimum absolute atomic E-state index is 0.0101. The SMILES string of the molecule is CC(C)CNC(=O)c1coc(CN(CC(C)C)C(=O)c2ccc([N+](=O)[O-])cc2Cl)n1. The van der Waals surface area contributed by atoms with E-state index in [0.29, 0.717) is 19.0 Å². The normalized spacial score (nSPS) is 11.0. The molecule has 1 aromatic heterocycles. The largest absolute Gasteiger partial charge is 0.446 e. The maximum atomic E-state index is 13.0. The molecule has 0 saturated carbocycles. The van der Waals surface area contributed by atoms with Crippen molar-refractivity contribution in [2.75, 3.05) is 13.1 Å². The van der Waals surface area contributed by atoms with Gasteiger partial charge in [0.2, 0.25) is 5.89 Å². The van der Waals surface area contributed by atoms with Crippen LogP contribution in [0.25, 0.3) is 0 Å². The average Bonchev–Trinajstić information content (AvgIpc) is 3.13. The van der Waals surface area contributed by atoms with Gasteiger partial charge in [0.05, 0.1) is 22.1 Å². The van der Waals surface area contributed by atoms with Crippen molar-refractivity contribution in [1.82, 2.24) is 15.2 Å². The van der Waals surface area contributed by atoms with E-state index in [-0.39, 0.29) is 46.2 Å². The Balaban J connectivity index is 2.20. The Morgan fingerprint density at radius 3 is 2.53 bits per heavy atom. The number of benzene rings is 1. The molecule has 0 spiro atoms. The van der Waals surface area contributed by atoms with Crippen LogP contribution in [0, 0.1) is 22.0 Å². The number of hydrogen-bond acceptors (Lipinski definition) is 6. The molecule has 0 atom stereocenters. The number of aromatic nitrogens is 1. The maximum Gasteiger partial charge on any atom is 0.273 e. The molecule has 0 aliphatic rings. The molecule has 0 aliphatic carbocycles. The van der Waals surface area contributed by atoms with Gasteiger partial charge in [-0.15, -0.1) is 0 Å². The lowest BCUT2D eigenvalue weighted by Crippen LogP contribution is -2.34. The van der Waals surface area contributed by atoms with Crippen LogP contribution in [0.15, 0.2) is 28.9 Å². The lowest BCUT2D eigenvalue weighted by atomic mass is 10.1. The molecule has 2 aromatic rings. The van der Waals surface area contributed by atoms with Crippen molar-refractivity contribution in [2.45, 2.75) is 34.2 Å². The Morgan fingerprint density at radius 1 is 1.27 bits per heavy atom. The van der Waals surface area contributed by atoms with Crippen LogP contribution in [0.2, 0.25) is 5.02 Å². The minimum Gasteiger partial charge on any atom is -0.446 e. The highest BCUT2D eigenvalue weighted by atomic mass is 35.5. The fourth-order valence-corrected chi connectivity index (χ4v) is 2.92. The van der Waals surface area contributed by atoms with Gasteiger partial charge in [-0.1, -0.05) is 39.3 Å². The van der Waals surface area contributed by atoms with Crippen molar-refractivity contribution in [2.24, 2.45) is 11.8 Å². The molecular formula is C20H25ClN4O5. The first kappa shape index (κ1) is 23.3. The molecule has 0 saturated heterocycles. The molecular weight excluding hydrogens is 412 g/mol. The van der Waals surface area contributed by atoms with Crippen molar-refractivity contribution in [3.05, 3.63) is 56.7 Å². The molecule has 1 N–H and O–H groups in total. The molecule has 0 radical (unpaired) electrons. The molecule has 10 heteroatoms. The minimum atomic E-state index is -0.579. The van der Waals surface area contributed by atoms with Crippen LogP contribution < -0.4 is 5.32 Å². The molecule has 0 unspecified atom stereocenters. The molecule has 0 bridgehead atoms. The second kappa shape index (κ2) is 10.2. The van der Waals surface area contributed by atoms with Crippen LogP contribution in [0.5, 0.6) is 0 Å². The summed E-state index contributed by atoms with van der Waals surface area (Å²) in [6.07, 6.45) is 1.25.